The summed E-state index contributed by atoms with van der Waals surface area (Å²) < 4.78 is 134. The van der Waals surface area contributed by atoms with Crippen LogP contribution in [0.15, 0.2) is 51.3 Å². The highest BCUT2D eigenvalue weighted by atomic mass is 35.5. The van der Waals surface area contributed by atoms with Gasteiger partial charge in [0.25, 0.3) is 0 Å². The molecular weight excluding hydrogens is 823 g/mol. The first-order valence-corrected chi connectivity index (χ1v) is 12.9. The number of rotatable bonds is 1. The second-order valence-electron chi connectivity index (χ2n) is 5.75. The summed E-state index contributed by atoms with van der Waals surface area (Å²) in [6, 6.07) is 0. The van der Waals surface area contributed by atoms with Gasteiger partial charge in [-0.25, -0.2) is 0 Å². The molecule has 0 bridgehead atoms. The zero-order chi connectivity index (χ0) is 35.4. The van der Waals surface area contributed by atoms with Crippen molar-refractivity contribution < 1.29 is 52.7 Å². The molecular formula is C20H14Cl10F12. The predicted molar refractivity (Wildman–Crippen MR) is 150 cm³/mol. The molecule has 0 radical (unpaired) electrons. The van der Waals surface area contributed by atoms with Crippen LogP contribution in [0.1, 0.15) is 27.7 Å². The molecule has 0 atom stereocenters. The van der Waals surface area contributed by atoms with Crippen LogP contribution in [0.2, 0.25) is 0 Å². The van der Waals surface area contributed by atoms with E-state index in [4.69, 9.17) is 116 Å². The van der Waals surface area contributed by atoms with E-state index >= 15 is 0 Å². The topological polar surface area (TPSA) is 0 Å². The van der Waals surface area contributed by atoms with Gasteiger partial charge in [-0.1, -0.05) is 128 Å². The van der Waals surface area contributed by atoms with Crippen molar-refractivity contribution in [1.29, 1.82) is 0 Å². The van der Waals surface area contributed by atoms with Gasteiger partial charge in [-0.3, -0.25) is 0 Å². The number of hydrogen-bond acceptors (Lipinski definition) is 0. The van der Waals surface area contributed by atoms with Crippen LogP contribution in [-0.4, -0.2) is 24.7 Å². The molecule has 0 amide bonds. The van der Waals surface area contributed by atoms with Crippen molar-refractivity contribution >= 4 is 116 Å². The minimum atomic E-state index is -4.51. The second-order valence-corrected chi connectivity index (χ2v) is 10.3. The van der Waals surface area contributed by atoms with Crippen LogP contribution < -0.4 is 0 Å². The van der Waals surface area contributed by atoms with Gasteiger partial charge in [0, 0.05) is 22.1 Å². The SMILES string of the molecule is C/C(Cl)=C(/Cl)C(F)(F)F.C/C(Cl)=C(\Cl)C(F)(F)F.C/C=C\C(F)(F)F.CC#CC(F)(F)F.ClC(Cl)=C(Cl)C(Cl)=C(Cl)Cl. The van der Waals surface area contributed by atoms with Crippen molar-refractivity contribution in [3.05, 3.63) is 51.3 Å². The third-order valence-electron chi connectivity index (χ3n) is 2.25. The Morgan fingerprint density at radius 3 is 0.833 bits per heavy atom. The Balaban J connectivity index is -0.000000137. The third kappa shape index (κ3) is 38.3. The summed E-state index contributed by atoms with van der Waals surface area (Å²) in [5.74, 6) is 2.77. The molecule has 0 aliphatic heterocycles. The summed E-state index contributed by atoms with van der Waals surface area (Å²) >= 11 is 51.1. The maximum atomic E-state index is 11.4. The quantitative estimate of drug-likeness (QED) is 0.107. The van der Waals surface area contributed by atoms with Crippen LogP contribution in [0.3, 0.4) is 0 Å². The lowest BCUT2D eigenvalue weighted by molar-refractivity contribution is -0.0858. The third-order valence-corrected chi connectivity index (χ3v) is 5.81. The average Bonchev–Trinajstić information content (AvgIpc) is 2.75. The maximum absolute atomic E-state index is 11.4. The first-order valence-electron chi connectivity index (χ1n) is 9.11. The van der Waals surface area contributed by atoms with E-state index in [0.717, 1.165) is 32.8 Å². The highest BCUT2D eigenvalue weighted by Gasteiger charge is 2.34. The minimum Gasteiger partial charge on any atom is -0.167 e. The maximum Gasteiger partial charge on any atom is 0.457 e. The molecule has 0 unspecified atom stereocenters. The van der Waals surface area contributed by atoms with Gasteiger partial charge in [-0.2, -0.15) is 52.7 Å². The van der Waals surface area contributed by atoms with E-state index in [-0.39, 0.29) is 25.1 Å². The Bertz CT molecular complexity index is 946. The number of halogens is 22. The molecule has 0 aliphatic rings. The Morgan fingerprint density at radius 2 is 0.810 bits per heavy atom. The fraction of sp³-hybridized carbons (Fsp3) is 0.400. The zero-order valence-corrected chi connectivity index (χ0v) is 28.0. The van der Waals surface area contributed by atoms with Crippen LogP contribution in [0.4, 0.5) is 52.7 Å². The van der Waals surface area contributed by atoms with Crippen molar-refractivity contribution in [2.75, 3.05) is 0 Å². The number of alkyl halides is 12. The standard InChI is InChI=1S/C4Cl6.2C4H3Cl2F3.C4H5F3.C4H3F3/c5-1(3(7)8)2(6)4(9)10;2*1-2(5)3(6)4(7,8)9;2*1-2-3-4(5,6)7/h;2*1H3;2-3H,1H3;1H3/b;3-2+;2*3-2-;. The number of hydrogen-bond donors (Lipinski definition) is 0. The van der Waals surface area contributed by atoms with Gasteiger partial charge in [-0.15, -0.1) is 0 Å². The number of allylic oxidation sites excluding steroid dienone is 8. The van der Waals surface area contributed by atoms with E-state index in [1.807, 2.05) is 0 Å². The van der Waals surface area contributed by atoms with E-state index in [2.05, 4.69) is 0 Å². The molecule has 0 saturated heterocycles. The lowest BCUT2D eigenvalue weighted by Gasteiger charge is -2.03. The fourth-order valence-electron chi connectivity index (χ4n) is 0.887. The van der Waals surface area contributed by atoms with E-state index in [9.17, 15) is 52.7 Å². The molecule has 0 N–H and O–H groups in total. The van der Waals surface area contributed by atoms with Gasteiger partial charge < -0.3 is 0 Å². The van der Waals surface area contributed by atoms with E-state index in [1.54, 1.807) is 5.92 Å². The summed E-state index contributed by atoms with van der Waals surface area (Å²) in [7, 11) is 0. The molecule has 0 aliphatic carbocycles. The zero-order valence-electron chi connectivity index (χ0n) is 20.5. The van der Waals surface area contributed by atoms with Crippen molar-refractivity contribution in [1.82, 2.24) is 0 Å². The van der Waals surface area contributed by atoms with E-state index < -0.39 is 44.8 Å². The van der Waals surface area contributed by atoms with Crippen LogP contribution in [0.5, 0.6) is 0 Å². The summed E-state index contributed by atoms with van der Waals surface area (Å²) in [6.07, 6.45) is -16.3. The molecule has 0 rings (SSSR count). The highest BCUT2D eigenvalue weighted by molar-refractivity contribution is 6.65. The first-order chi connectivity index (χ1) is 18.3. The molecule has 0 fully saturated rings. The van der Waals surface area contributed by atoms with Gasteiger partial charge in [0.05, 0.1) is 10.1 Å². The smallest absolute Gasteiger partial charge is 0.167 e. The molecule has 22 heteroatoms. The van der Waals surface area contributed by atoms with Gasteiger partial charge >= 0.3 is 24.7 Å². The summed E-state index contributed by atoms with van der Waals surface area (Å²) in [6.45, 7) is 4.63. The predicted octanol–water partition coefficient (Wildman–Crippen LogP) is 15.0. The molecule has 0 aromatic carbocycles. The molecule has 0 aromatic heterocycles. The van der Waals surface area contributed by atoms with E-state index in [0.29, 0.717) is 0 Å². The van der Waals surface area contributed by atoms with Gasteiger partial charge in [0.2, 0.25) is 0 Å². The van der Waals surface area contributed by atoms with Crippen molar-refractivity contribution in [2.24, 2.45) is 0 Å². The Kier molecular flexibility index (Phi) is 30.3. The van der Waals surface area contributed by atoms with Crippen molar-refractivity contribution in [3.8, 4) is 11.8 Å². The van der Waals surface area contributed by atoms with Gasteiger partial charge in [0.1, 0.15) is 19.0 Å². The molecule has 248 valence electrons. The lowest BCUT2D eigenvalue weighted by atomic mass is 10.5. The molecule has 0 spiro atoms. The Labute approximate surface area is 282 Å². The van der Waals surface area contributed by atoms with Crippen molar-refractivity contribution in [3.63, 3.8) is 0 Å². The summed E-state index contributed by atoms with van der Waals surface area (Å²) in [4.78, 5) is 0. The second kappa shape index (κ2) is 24.5. The van der Waals surface area contributed by atoms with Crippen LogP contribution in [0, 0.1) is 11.8 Å². The summed E-state index contributed by atoms with van der Waals surface area (Å²) in [5, 5.41) is -3.53. The van der Waals surface area contributed by atoms with Crippen LogP contribution in [-0.2, 0) is 0 Å². The van der Waals surface area contributed by atoms with Crippen LogP contribution in [0.25, 0.3) is 0 Å². The van der Waals surface area contributed by atoms with Crippen molar-refractivity contribution in [2.45, 2.75) is 52.4 Å². The lowest BCUT2D eigenvalue weighted by Crippen LogP contribution is -2.07. The molecule has 0 heterocycles. The molecule has 0 saturated carbocycles. The first kappa shape index (κ1) is 51.9. The molecule has 42 heavy (non-hydrogen) atoms. The van der Waals surface area contributed by atoms with Crippen LogP contribution >= 0.6 is 116 Å². The Morgan fingerprint density at radius 1 is 0.548 bits per heavy atom. The summed E-state index contributed by atoms with van der Waals surface area (Å²) in [5.41, 5.74) is 0. The highest BCUT2D eigenvalue weighted by Crippen LogP contribution is 2.33. The van der Waals surface area contributed by atoms with Gasteiger partial charge in [-0.05, 0) is 27.7 Å². The monoisotopic (exact) mass is 832 g/mol. The molecule has 0 nitrogen and oxygen atoms in total. The largest absolute Gasteiger partial charge is 0.457 e. The fourth-order valence-corrected chi connectivity index (χ4v) is 1.86. The van der Waals surface area contributed by atoms with Gasteiger partial charge in [0.15, 0.2) is 0 Å². The Hall–Kier alpha value is 0.320. The molecule has 0 aromatic rings. The minimum absolute atomic E-state index is 0.0648. The normalized spacial score (nSPS) is 12.5. The average molecular weight is 837 g/mol. The van der Waals surface area contributed by atoms with E-state index in [1.165, 1.54) is 6.92 Å².